The van der Waals surface area contributed by atoms with Crippen LogP contribution < -0.4 is 53.2 Å². The summed E-state index contributed by atoms with van der Waals surface area (Å²) in [6, 6.07) is -2.34. The van der Waals surface area contributed by atoms with Crippen LogP contribution in [-0.2, 0) is 70.4 Å². The second-order valence-electron chi connectivity index (χ2n) is 25.0. The number of aliphatic hydroxyl groups is 2. The minimum atomic E-state index is -1.86. The van der Waals surface area contributed by atoms with Crippen LogP contribution in [0.4, 0.5) is 30.1 Å². The van der Waals surface area contributed by atoms with Crippen LogP contribution in [0.25, 0.3) is 0 Å². The number of amides is 10. The van der Waals surface area contributed by atoms with Crippen LogP contribution >= 0.6 is 0 Å². The molecule has 2 aromatic carbocycles. The first kappa shape index (κ1) is 81.6. The van der Waals surface area contributed by atoms with Crippen molar-refractivity contribution >= 4 is 101 Å². The highest BCUT2D eigenvalue weighted by Gasteiger charge is 2.56. The molecule has 558 valence electrons. The van der Waals surface area contributed by atoms with Crippen LogP contribution in [-0.4, -0.2) is 219 Å². The first-order chi connectivity index (χ1) is 48.1. The van der Waals surface area contributed by atoms with E-state index in [-0.39, 0.29) is 88.0 Å². The lowest BCUT2D eigenvalue weighted by molar-refractivity contribution is -0.142. The van der Waals surface area contributed by atoms with E-state index in [1.807, 2.05) is 10.6 Å². The first-order valence-corrected chi connectivity index (χ1v) is 32.3. The van der Waals surface area contributed by atoms with Gasteiger partial charge in [-0.25, -0.2) is 43.2 Å². The summed E-state index contributed by atoms with van der Waals surface area (Å²) in [4.78, 5) is 188. The molecule has 0 radical (unpaired) electrons. The van der Waals surface area contributed by atoms with Gasteiger partial charge in [-0.2, -0.15) is 5.11 Å². The number of rotatable bonds is 45. The third-order valence-corrected chi connectivity index (χ3v) is 17.1. The summed E-state index contributed by atoms with van der Waals surface area (Å²) in [6.45, 7) is -0.906. The Morgan fingerprint density at radius 3 is 1.33 bits per heavy atom. The topological polar surface area (TPSA) is 607 Å². The molecule has 0 saturated heterocycles. The summed E-state index contributed by atoms with van der Waals surface area (Å²) < 4.78 is 13.1. The van der Waals surface area contributed by atoms with Crippen LogP contribution in [0.5, 0.6) is 0 Å². The number of hydrogen-bond acceptors (Lipinski definition) is 20. The molecule has 9 atom stereocenters. The molecule has 102 heavy (non-hydrogen) atoms. The van der Waals surface area contributed by atoms with Gasteiger partial charge < -0.3 is 104 Å². The number of nitrogens with one attached hydrogen (secondary N) is 10. The van der Waals surface area contributed by atoms with Crippen LogP contribution in [0, 0.1) is 11.3 Å². The highest BCUT2D eigenvalue weighted by molar-refractivity contribution is 5.93. The number of alkyl halides is 1. The molecule has 0 aromatic heterocycles. The van der Waals surface area contributed by atoms with E-state index >= 15 is 0 Å². The Morgan fingerprint density at radius 1 is 0.520 bits per heavy atom. The highest BCUT2D eigenvalue weighted by atomic mass is 19.1. The quantitative estimate of drug-likeness (QED) is 0.0411. The molecule has 5 rings (SSSR count). The molecule has 2 aromatic rings. The Hall–Kier alpha value is -11.1. The van der Waals surface area contributed by atoms with Crippen molar-refractivity contribution in [1.29, 1.82) is 0 Å². The van der Waals surface area contributed by atoms with E-state index in [1.165, 1.54) is 53.5 Å². The van der Waals surface area contributed by atoms with Crippen molar-refractivity contribution in [2.45, 2.75) is 183 Å². The van der Waals surface area contributed by atoms with Gasteiger partial charge in [0.1, 0.15) is 42.8 Å². The normalized spacial score (nSPS) is 18.0. The zero-order valence-corrected chi connectivity index (χ0v) is 55.0. The number of anilines is 2. The van der Waals surface area contributed by atoms with Gasteiger partial charge in [-0.3, -0.25) is 38.2 Å². The van der Waals surface area contributed by atoms with E-state index in [2.05, 4.69) is 52.9 Å². The second-order valence-corrected chi connectivity index (χ2v) is 25.0. The fourth-order valence-electron chi connectivity index (χ4n) is 11.5. The monoisotopic (exact) mass is 1440 g/mol. The smallest absolute Gasteiger partial charge is 0.326 e. The van der Waals surface area contributed by atoms with E-state index in [0.29, 0.717) is 36.1 Å². The summed E-state index contributed by atoms with van der Waals surface area (Å²) in [5.41, 5.74) is -0.815. The maximum Gasteiger partial charge on any atom is 0.326 e. The number of carbonyl (C=O) groups excluding carboxylic acids is 7. The lowest BCUT2D eigenvalue weighted by Gasteiger charge is -2.35. The number of carboxylic acid groups (broad SMARTS) is 8. The SMILES string of the molecule is O=C(O)CCC(NC(=O)NC(Cc1ccc(NC(=O)CCC(CCC(=O)NC2=CC3CC3(CC(NC(=O)NC(CCC(O)O)C(=O)O)C(=O)O)CC2)(CCC(=O)Nc2ccc(CC(NC(=O)NC(CCC(=O)O)C(=O)O)C(=O)O)cc2)NC(=O)CN2CC(CCCF)N=N2)cc1)C(=O)O)C(=O)O. The lowest BCUT2D eigenvalue weighted by atomic mass is 9.82. The molecule has 20 N–H and O–H groups in total. The molecule has 1 fully saturated rings. The number of carbonyl (C=O) groups is 15. The van der Waals surface area contributed by atoms with Gasteiger partial charge in [-0.05, 0) is 124 Å². The van der Waals surface area contributed by atoms with Gasteiger partial charge in [0.05, 0.1) is 19.3 Å². The third-order valence-electron chi connectivity index (χ3n) is 17.1. The summed E-state index contributed by atoms with van der Waals surface area (Å²) in [5, 5.41) is 128. The van der Waals surface area contributed by atoms with Crippen molar-refractivity contribution < 1.29 is 127 Å². The molecule has 10 amide bonds. The summed E-state index contributed by atoms with van der Waals surface area (Å²) in [5.74, 6) is -14.6. The number of benzene rings is 2. The largest absolute Gasteiger partial charge is 0.481 e. The van der Waals surface area contributed by atoms with Gasteiger partial charge in [0, 0.05) is 74.0 Å². The minimum Gasteiger partial charge on any atom is -0.481 e. The highest BCUT2D eigenvalue weighted by Crippen LogP contribution is 2.62. The van der Waals surface area contributed by atoms with E-state index in [4.69, 9.17) is 10.2 Å². The average Bonchev–Trinajstić information content (AvgIpc) is 1.58. The number of nitrogens with zero attached hydrogens (tertiary/aromatic N) is 3. The van der Waals surface area contributed by atoms with Crippen molar-refractivity contribution in [1.82, 2.24) is 47.5 Å². The zero-order chi connectivity index (χ0) is 75.4. The lowest BCUT2D eigenvalue weighted by Crippen LogP contribution is -2.52. The second kappa shape index (κ2) is 39.0. The fourth-order valence-corrected chi connectivity index (χ4v) is 11.5. The number of aliphatic hydroxyl groups excluding tert-OH is 1. The molecule has 0 spiro atoms. The minimum absolute atomic E-state index is 0.0826. The Balaban J connectivity index is 1.36. The van der Waals surface area contributed by atoms with Crippen LogP contribution in [0.15, 0.2) is 70.6 Å². The van der Waals surface area contributed by atoms with Crippen LogP contribution in [0.1, 0.15) is 127 Å². The predicted octanol–water partition coefficient (Wildman–Crippen LogP) is 0.973. The standard InChI is InChI=1S/C63H84FN13O25/c64-25-1-2-39-31-77(76-75-39)32-49(81)74-63(22-18-46(78)65-36-7-3-33(4-8-36)26-43(56(94)95)71-59(100)68-40(53(88)89)11-14-50(82)83,23-19-47(79)66-37-9-5-34(6-10-37)27-44(57(96)97)72-60(101)69-41(54(90)91)12-15-51(84)85)24-20-48(80)67-38-17-21-62(29-35(62)28-38)30-45(58(98)99)73-61(102)70-42(55(92)93)13-16-52(86)87/h3-10,28,35,39-45,52,86-87H,1-2,11-27,29-32H2,(H,65,78)(H,66,79)(H,67,80)(H,74,81)(H,82,83)(H,84,85)(H,88,89)(H,90,91)(H,92,93)(H,94,95)(H,96,97)(H,98,99)(H2,68,71,100)(H2,69,72,101)(H2,70,73,102). The van der Waals surface area contributed by atoms with Gasteiger partial charge in [0.15, 0.2) is 6.29 Å². The number of carboxylic acids is 8. The molecule has 38 nitrogen and oxygen atoms in total. The molecule has 1 aliphatic heterocycles. The predicted molar refractivity (Wildman–Crippen MR) is 347 cm³/mol. The Labute approximate surface area is 580 Å². The molecule has 0 bridgehead atoms. The molecule has 2 aliphatic carbocycles. The molecule has 9 unspecified atom stereocenters. The van der Waals surface area contributed by atoms with Crippen molar-refractivity contribution in [2.75, 3.05) is 30.4 Å². The van der Waals surface area contributed by atoms with Gasteiger partial charge in [-0.1, -0.05) is 35.6 Å². The number of urea groups is 3. The van der Waals surface area contributed by atoms with E-state index in [1.54, 1.807) is 6.08 Å². The van der Waals surface area contributed by atoms with Crippen LogP contribution in [0.2, 0.25) is 0 Å². The summed E-state index contributed by atoms with van der Waals surface area (Å²) >= 11 is 0. The number of allylic oxidation sites excluding steroid dienone is 2. The summed E-state index contributed by atoms with van der Waals surface area (Å²) in [7, 11) is 0. The van der Waals surface area contributed by atoms with E-state index < -0.39 is 207 Å². The molecule has 1 saturated carbocycles. The molecular formula is C63H84FN13O25. The number of halogens is 1. The van der Waals surface area contributed by atoms with Gasteiger partial charge in [0.25, 0.3) is 0 Å². The molecular weight excluding hydrogens is 1360 g/mol. The van der Waals surface area contributed by atoms with Gasteiger partial charge >= 0.3 is 65.8 Å². The fraction of sp³-hybridized carbons (Fsp3) is 0.540. The Morgan fingerprint density at radius 2 is 0.931 bits per heavy atom. The number of aliphatic carboxylic acids is 8. The Kier molecular flexibility index (Phi) is 31.2. The van der Waals surface area contributed by atoms with Crippen LogP contribution in [0.3, 0.4) is 0 Å². The van der Waals surface area contributed by atoms with Gasteiger partial charge in [-0.15, -0.1) is 0 Å². The summed E-state index contributed by atoms with van der Waals surface area (Å²) in [6.07, 6.45) is -4.31. The van der Waals surface area contributed by atoms with E-state index in [9.17, 15) is 117 Å². The van der Waals surface area contributed by atoms with Crippen molar-refractivity contribution in [3.05, 3.63) is 71.4 Å². The number of hydrogen-bond donors (Lipinski definition) is 20. The number of fused-ring (bicyclic) bond motifs is 1. The van der Waals surface area contributed by atoms with Crippen molar-refractivity contribution in [3.8, 4) is 0 Å². The molecule has 39 heteroatoms. The van der Waals surface area contributed by atoms with Crippen molar-refractivity contribution in [3.63, 3.8) is 0 Å². The Bertz CT molecular complexity index is 3320. The molecule has 3 aliphatic rings. The van der Waals surface area contributed by atoms with Gasteiger partial charge in [0.2, 0.25) is 23.6 Å². The zero-order valence-electron chi connectivity index (χ0n) is 55.0. The maximum absolute atomic E-state index is 14.3. The van der Waals surface area contributed by atoms with Crippen molar-refractivity contribution in [2.24, 2.45) is 21.7 Å². The first-order valence-electron chi connectivity index (χ1n) is 32.3. The molecule has 1 heterocycles. The maximum atomic E-state index is 14.3. The third kappa shape index (κ3) is 28.2. The average molecular weight is 1440 g/mol. The van der Waals surface area contributed by atoms with E-state index in [0.717, 1.165) is 0 Å².